The number of ketones is 1. The average molecular weight is 499 g/mol. The van der Waals surface area contributed by atoms with E-state index < -0.39 is 23.8 Å². The summed E-state index contributed by atoms with van der Waals surface area (Å²) in [5.74, 6) is -1.15. The number of methoxy groups -OCH3 is 1. The Kier molecular flexibility index (Phi) is 6.19. The number of hydrogen-bond donors (Lipinski definition) is 1. The number of benzene rings is 3. The largest absolute Gasteiger partial charge is 0.484 e. The smallest absolute Gasteiger partial charge is 0.337 e. The molecule has 37 heavy (non-hydrogen) atoms. The van der Waals surface area contributed by atoms with Crippen LogP contribution in [0.1, 0.15) is 49.7 Å². The summed E-state index contributed by atoms with van der Waals surface area (Å²) in [7, 11) is 1.30. The van der Waals surface area contributed by atoms with Gasteiger partial charge in [-0.2, -0.15) is 0 Å². The van der Waals surface area contributed by atoms with Crippen LogP contribution < -0.4 is 19.9 Å². The van der Waals surface area contributed by atoms with E-state index in [4.69, 9.17) is 24.7 Å². The van der Waals surface area contributed by atoms with Gasteiger partial charge in [0.2, 0.25) is 5.78 Å². The van der Waals surface area contributed by atoms with Crippen molar-refractivity contribution in [1.82, 2.24) is 0 Å². The monoisotopic (exact) mass is 499 g/mol. The summed E-state index contributed by atoms with van der Waals surface area (Å²) in [6, 6.07) is 16.6. The second-order valence-corrected chi connectivity index (χ2v) is 8.47. The van der Waals surface area contributed by atoms with E-state index in [1.807, 2.05) is 6.07 Å². The lowest BCUT2D eigenvalue weighted by atomic mass is 9.84. The minimum Gasteiger partial charge on any atom is -0.484 e. The van der Waals surface area contributed by atoms with E-state index in [1.165, 1.54) is 7.11 Å². The Labute approximate surface area is 211 Å². The van der Waals surface area contributed by atoms with E-state index in [9.17, 15) is 19.2 Å². The number of Topliss-reactive ketones (excluding diaryl/α,β-unsaturated/α-hetero) is 1. The molecule has 9 nitrogen and oxygen atoms in total. The van der Waals surface area contributed by atoms with Gasteiger partial charge >= 0.3 is 11.9 Å². The lowest BCUT2D eigenvalue weighted by molar-refractivity contribution is -0.135. The molecule has 9 heteroatoms. The van der Waals surface area contributed by atoms with E-state index >= 15 is 0 Å². The first kappa shape index (κ1) is 23.8. The van der Waals surface area contributed by atoms with Crippen LogP contribution in [0.25, 0.3) is 6.08 Å². The molecule has 2 N–H and O–H groups in total. The molecule has 3 aromatic carbocycles. The molecule has 0 radical (unpaired) electrons. The number of hydrogen-bond acceptors (Lipinski definition) is 8. The highest BCUT2D eigenvalue weighted by molar-refractivity contribution is 6.15. The topological polar surface area (TPSA) is 131 Å². The molecular formula is C28H21NO8. The molecule has 5 rings (SSSR count). The van der Waals surface area contributed by atoms with Gasteiger partial charge in [-0.25, -0.2) is 4.79 Å². The first-order valence-electron chi connectivity index (χ1n) is 11.4. The number of esters is 2. The highest BCUT2D eigenvalue weighted by Crippen LogP contribution is 2.49. The Bertz CT molecular complexity index is 1470. The molecule has 0 saturated heterocycles. The molecule has 2 heterocycles. The van der Waals surface area contributed by atoms with Crippen LogP contribution in [0.2, 0.25) is 0 Å². The number of carbonyl (C=O) groups excluding carboxylic acids is 4. The van der Waals surface area contributed by atoms with Crippen LogP contribution in [-0.4, -0.2) is 37.3 Å². The van der Waals surface area contributed by atoms with E-state index in [0.717, 1.165) is 5.56 Å². The number of carbonyl (C=O) groups is 4. The van der Waals surface area contributed by atoms with Crippen molar-refractivity contribution in [2.45, 2.75) is 12.3 Å². The van der Waals surface area contributed by atoms with Crippen LogP contribution in [0.4, 0.5) is 0 Å². The number of rotatable bonds is 6. The van der Waals surface area contributed by atoms with Crippen molar-refractivity contribution in [2.75, 3.05) is 13.7 Å². The van der Waals surface area contributed by atoms with Crippen molar-refractivity contribution in [2.24, 2.45) is 5.73 Å². The van der Waals surface area contributed by atoms with Crippen molar-refractivity contribution in [3.05, 3.63) is 94.2 Å². The highest BCUT2D eigenvalue weighted by Gasteiger charge is 2.38. The summed E-state index contributed by atoms with van der Waals surface area (Å²) in [5.41, 5.74) is 7.85. The zero-order valence-corrected chi connectivity index (χ0v) is 19.7. The summed E-state index contributed by atoms with van der Waals surface area (Å²) >= 11 is 0. The Balaban J connectivity index is 1.50. The first-order valence-corrected chi connectivity index (χ1v) is 11.4. The molecule has 1 unspecified atom stereocenters. The lowest BCUT2D eigenvalue weighted by Gasteiger charge is -2.26. The van der Waals surface area contributed by atoms with Crippen LogP contribution >= 0.6 is 0 Å². The summed E-state index contributed by atoms with van der Waals surface area (Å²) in [4.78, 5) is 48.4. The van der Waals surface area contributed by atoms with E-state index in [0.29, 0.717) is 39.5 Å². The number of fused-ring (bicyclic) bond motifs is 3. The van der Waals surface area contributed by atoms with Gasteiger partial charge in [0.1, 0.15) is 17.2 Å². The van der Waals surface area contributed by atoms with Crippen LogP contribution in [0.3, 0.4) is 0 Å². The van der Waals surface area contributed by atoms with Gasteiger partial charge in [0.05, 0.1) is 24.7 Å². The second-order valence-electron chi connectivity index (χ2n) is 8.47. The molecule has 0 fully saturated rings. The SMILES string of the molecule is COC(=O)c1ccc(C=C2Oc3c(ccc4c3C(c3cccc(OCC(N)=O)c3)CC(=O)O4)C2=O)cc1. The number of ether oxygens (including phenoxy) is 4. The number of allylic oxidation sites excluding steroid dienone is 1. The molecule has 0 aliphatic carbocycles. The van der Waals surface area contributed by atoms with E-state index in [2.05, 4.69) is 0 Å². The standard InChI is InChI=1S/C28H21NO8/c1-34-28(33)16-7-5-15(6-8-16)11-22-26(32)19-9-10-21-25(27(19)37-22)20(13-24(31)36-21)17-3-2-4-18(12-17)35-14-23(29)30/h2-12,20H,13-14H2,1H3,(H2,29,30). The van der Waals surface area contributed by atoms with Gasteiger partial charge in [0, 0.05) is 11.5 Å². The molecular weight excluding hydrogens is 478 g/mol. The molecule has 0 saturated carbocycles. The Morgan fingerprint density at radius 3 is 2.57 bits per heavy atom. The molecule has 2 aliphatic rings. The summed E-state index contributed by atoms with van der Waals surface area (Å²) in [5, 5.41) is 0. The Morgan fingerprint density at radius 2 is 1.84 bits per heavy atom. The average Bonchev–Trinajstić information content (AvgIpc) is 3.21. The van der Waals surface area contributed by atoms with E-state index in [1.54, 1.807) is 60.7 Å². The van der Waals surface area contributed by atoms with Crippen LogP contribution in [0.15, 0.2) is 66.4 Å². The van der Waals surface area contributed by atoms with Gasteiger partial charge in [-0.05, 0) is 53.6 Å². The predicted octanol–water partition coefficient (Wildman–Crippen LogP) is 3.39. The second kappa shape index (κ2) is 9.62. The van der Waals surface area contributed by atoms with Gasteiger partial charge in [-0.1, -0.05) is 24.3 Å². The fourth-order valence-electron chi connectivity index (χ4n) is 4.35. The van der Waals surface area contributed by atoms with Gasteiger partial charge in [0.25, 0.3) is 5.91 Å². The quantitative estimate of drug-likeness (QED) is 0.310. The van der Waals surface area contributed by atoms with Crippen molar-refractivity contribution < 1.29 is 38.1 Å². The molecule has 1 atom stereocenters. The minimum atomic E-state index is -0.610. The van der Waals surface area contributed by atoms with Crippen LogP contribution in [0.5, 0.6) is 17.2 Å². The third-order valence-electron chi connectivity index (χ3n) is 6.05. The van der Waals surface area contributed by atoms with Crippen LogP contribution in [-0.2, 0) is 14.3 Å². The number of nitrogens with two attached hydrogens (primary N) is 1. The fourth-order valence-corrected chi connectivity index (χ4v) is 4.35. The zero-order valence-electron chi connectivity index (χ0n) is 19.7. The summed E-state index contributed by atoms with van der Waals surface area (Å²) < 4.78 is 21.7. The fraction of sp³-hybridized carbons (Fsp3) is 0.143. The Hall–Kier alpha value is -4.92. The summed E-state index contributed by atoms with van der Waals surface area (Å²) in [6.07, 6.45) is 1.60. The molecule has 0 bridgehead atoms. The highest BCUT2D eigenvalue weighted by atomic mass is 16.5. The molecule has 186 valence electrons. The predicted molar refractivity (Wildman–Crippen MR) is 130 cm³/mol. The van der Waals surface area contributed by atoms with Gasteiger partial charge < -0.3 is 24.7 Å². The third kappa shape index (κ3) is 4.66. The summed E-state index contributed by atoms with van der Waals surface area (Å²) in [6.45, 7) is -0.283. The van der Waals surface area contributed by atoms with Crippen LogP contribution in [0, 0.1) is 0 Å². The first-order chi connectivity index (χ1) is 17.8. The normalized spacial score (nSPS) is 16.9. The molecule has 3 aromatic rings. The van der Waals surface area contributed by atoms with Gasteiger partial charge in [-0.15, -0.1) is 0 Å². The number of amides is 1. The third-order valence-corrected chi connectivity index (χ3v) is 6.05. The van der Waals surface area contributed by atoms with Crippen molar-refractivity contribution in [3.63, 3.8) is 0 Å². The zero-order chi connectivity index (χ0) is 26.1. The number of primary amides is 1. The van der Waals surface area contributed by atoms with Crippen molar-refractivity contribution >= 4 is 29.7 Å². The van der Waals surface area contributed by atoms with Crippen molar-refractivity contribution in [1.29, 1.82) is 0 Å². The maximum atomic E-state index is 13.2. The molecule has 0 spiro atoms. The minimum absolute atomic E-state index is 0.0221. The maximum Gasteiger partial charge on any atom is 0.337 e. The van der Waals surface area contributed by atoms with Crippen molar-refractivity contribution in [3.8, 4) is 17.2 Å². The molecule has 1 amide bonds. The lowest BCUT2D eigenvalue weighted by Crippen LogP contribution is -2.22. The van der Waals surface area contributed by atoms with E-state index in [-0.39, 0.29) is 24.6 Å². The van der Waals surface area contributed by atoms with Gasteiger partial charge in [-0.3, -0.25) is 14.4 Å². The molecule has 2 aliphatic heterocycles. The maximum absolute atomic E-state index is 13.2. The van der Waals surface area contributed by atoms with Gasteiger partial charge in [0.15, 0.2) is 12.4 Å². The Morgan fingerprint density at radius 1 is 1.05 bits per heavy atom. The molecule has 0 aromatic heterocycles.